The van der Waals surface area contributed by atoms with Gasteiger partial charge in [-0.2, -0.15) is 5.10 Å². The molecule has 0 aliphatic rings. The Bertz CT molecular complexity index is 476. The molecule has 1 aromatic carbocycles. The van der Waals surface area contributed by atoms with Crippen molar-refractivity contribution in [3.05, 3.63) is 36.2 Å². The average molecular weight is 203 g/mol. The van der Waals surface area contributed by atoms with Crippen molar-refractivity contribution in [2.45, 2.75) is 6.92 Å². The fraction of sp³-hybridized carbons (Fsp3) is 0.182. The van der Waals surface area contributed by atoms with Crippen LogP contribution in [-0.2, 0) is 0 Å². The summed E-state index contributed by atoms with van der Waals surface area (Å²) in [5.41, 5.74) is 8.21. The molecule has 15 heavy (non-hydrogen) atoms. The highest BCUT2D eigenvalue weighted by atomic mass is 16.5. The summed E-state index contributed by atoms with van der Waals surface area (Å²) in [6.07, 6.45) is 1.89. The van der Waals surface area contributed by atoms with E-state index in [1.165, 1.54) is 0 Å². The van der Waals surface area contributed by atoms with E-state index >= 15 is 0 Å². The van der Waals surface area contributed by atoms with Gasteiger partial charge in [0.1, 0.15) is 11.4 Å². The first-order valence-corrected chi connectivity index (χ1v) is 4.67. The first kappa shape index (κ1) is 9.58. The zero-order valence-corrected chi connectivity index (χ0v) is 8.77. The number of nitrogens with zero attached hydrogens (tertiary/aromatic N) is 2. The molecule has 2 aromatic rings. The third kappa shape index (κ3) is 1.79. The third-order valence-corrected chi connectivity index (χ3v) is 2.17. The van der Waals surface area contributed by atoms with Gasteiger partial charge in [-0.15, -0.1) is 0 Å². The number of aromatic nitrogens is 2. The van der Waals surface area contributed by atoms with Crippen LogP contribution >= 0.6 is 0 Å². The molecular formula is C11H13N3O. The number of hydrogen-bond donors (Lipinski definition) is 1. The summed E-state index contributed by atoms with van der Waals surface area (Å²) in [5, 5.41) is 4.32. The number of anilines is 1. The molecule has 0 aliphatic carbocycles. The van der Waals surface area contributed by atoms with Crippen LogP contribution in [0, 0.1) is 6.92 Å². The molecule has 1 heterocycles. The van der Waals surface area contributed by atoms with Crippen molar-refractivity contribution in [1.82, 2.24) is 9.78 Å². The lowest BCUT2D eigenvalue weighted by molar-refractivity contribution is 0.412. The number of hydrogen-bond acceptors (Lipinski definition) is 3. The summed E-state index contributed by atoms with van der Waals surface area (Å²) in [6, 6.07) is 7.44. The Morgan fingerprint density at radius 1 is 1.33 bits per heavy atom. The molecule has 0 atom stereocenters. The normalized spacial score (nSPS) is 10.3. The van der Waals surface area contributed by atoms with E-state index in [1.807, 2.05) is 31.3 Å². The predicted octanol–water partition coefficient (Wildman–Crippen LogP) is 1.77. The van der Waals surface area contributed by atoms with Gasteiger partial charge < -0.3 is 10.5 Å². The Kier molecular flexibility index (Phi) is 2.33. The number of nitrogen functional groups attached to an aromatic ring is 1. The maximum atomic E-state index is 5.68. The van der Waals surface area contributed by atoms with Gasteiger partial charge >= 0.3 is 0 Å². The molecule has 4 nitrogen and oxygen atoms in total. The van der Waals surface area contributed by atoms with E-state index in [2.05, 4.69) is 5.10 Å². The Morgan fingerprint density at radius 2 is 2.13 bits per heavy atom. The maximum absolute atomic E-state index is 5.68. The molecular weight excluding hydrogens is 190 g/mol. The molecule has 78 valence electrons. The van der Waals surface area contributed by atoms with Crippen LogP contribution in [0.1, 0.15) is 5.69 Å². The van der Waals surface area contributed by atoms with Crippen LogP contribution in [0.3, 0.4) is 0 Å². The number of nitrogens with two attached hydrogens (primary N) is 1. The van der Waals surface area contributed by atoms with Crippen LogP contribution in [0.25, 0.3) is 5.69 Å². The summed E-state index contributed by atoms with van der Waals surface area (Å²) >= 11 is 0. The van der Waals surface area contributed by atoms with Crippen molar-refractivity contribution in [1.29, 1.82) is 0 Å². The lowest BCUT2D eigenvalue weighted by Gasteiger charge is -2.08. The fourth-order valence-corrected chi connectivity index (χ4v) is 1.43. The van der Waals surface area contributed by atoms with Crippen molar-refractivity contribution in [3.8, 4) is 11.4 Å². The standard InChI is InChI=1S/C11H13N3O/c1-8-5-6-14(13-8)10-4-3-9(12)7-11(10)15-2/h3-7H,12H2,1-2H3. The van der Waals surface area contributed by atoms with E-state index in [0.717, 1.165) is 17.1 Å². The van der Waals surface area contributed by atoms with Crippen LogP contribution in [-0.4, -0.2) is 16.9 Å². The number of benzene rings is 1. The van der Waals surface area contributed by atoms with Crippen molar-refractivity contribution in [2.75, 3.05) is 12.8 Å². The fourth-order valence-electron chi connectivity index (χ4n) is 1.43. The molecule has 0 spiro atoms. The molecule has 0 fully saturated rings. The second kappa shape index (κ2) is 3.65. The monoisotopic (exact) mass is 203 g/mol. The van der Waals surface area contributed by atoms with Gasteiger partial charge in [-0.3, -0.25) is 0 Å². The highest BCUT2D eigenvalue weighted by molar-refractivity contribution is 5.55. The highest BCUT2D eigenvalue weighted by Gasteiger charge is 2.06. The van der Waals surface area contributed by atoms with Gasteiger partial charge in [-0.05, 0) is 25.1 Å². The van der Waals surface area contributed by atoms with Gasteiger partial charge in [0.05, 0.1) is 12.8 Å². The van der Waals surface area contributed by atoms with Gasteiger partial charge in [0.2, 0.25) is 0 Å². The number of rotatable bonds is 2. The van der Waals surface area contributed by atoms with E-state index in [4.69, 9.17) is 10.5 Å². The summed E-state index contributed by atoms with van der Waals surface area (Å²) in [7, 11) is 1.62. The van der Waals surface area contributed by atoms with Gasteiger partial charge in [0.15, 0.2) is 0 Å². The zero-order valence-electron chi connectivity index (χ0n) is 8.77. The molecule has 0 radical (unpaired) electrons. The number of aryl methyl sites for hydroxylation is 1. The minimum Gasteiger partial charge on any atom is -0.494 e. The first-order valence-electron chi connectivity index (χ1n) is 4.67. The van der Waals surface area contributed by atoms with E-state index < -0.39 is 0 Å². The van der Waals surface area contributed by atoms with Gasteiger partial charge in [-0.25, -0.2) is 4.68 Å². The minimum absolute atomic E-state index is 0.680. The van der Waals surface area contributed by atoms with Gasteiger partial charge in [0, 0.05) is 18.0 Å². The highest BCUT2D eigenvalue weighted by Crippen LogP contribution is 2.24. The SMILES string of the molecule is COc1cc(N)ccc1-n1ccc(C)n1. The quantitative estimate of drug-likeness (QED) is 0.757. The molecule has 0 saturated heterocycles. The van der Waals surface area contributed by atoms with Gasteiger partial charge in [0.25, 0.3) is 0 Å². The Labute approximate surface area is 88.3 Å². The predicted molar refractivity (Wildman–Crippen MR) is 59.3 cm³/mol. The smallest absolute Gasteiger partial charge is 0.146 e. The summed E-state index contributed by atoms with van der Waals surface area (Å²) in [6.45, 7) is 1.94. The minimum atomic E-state index is 0.680. The lowest BCUT2D eigenvalue weighted by Crippen LogP contribution is -1.99. The molecule has 0 bridgehead atoms. The Balaban J connectivity index is 2.52. The molecule has 2 rings (SSSR count). The van der Waals surface area contributed by atoms with Crippen LogP contribution in [0.15, 0.2) is 30.5 Å². The lowest BCUT2D eigenvalue weighted by atomic mass is 10.2. The molecule has 4 heteroatoms. The van der Waals surface area contributed by atoms with Crippen molar-refractivity contribution < 1.29 is 4.74 Å². The Morgan fingerprint density at radius 3 is 2.73 bits per heavy atom. The number of methoxy groups -OCH3 is 1. The number of ether oxygens (including phenoxy) is 1. The molecule has 1 aromatic heterocycles. The van der Waals surface area contributed by atoms with Crippen LogP contribution in [0.5, 0.6) is 5.75 Å². The molecule has 0 amide bonds. The molecule has 2 N–H and O–H groups in total. The Hall–Kier alpha value is -1.97. The van der Waals surface area contributed by atoms with Crippen molar-refractivity contribution >= 4 is 5.69 Å². The molecule has 0 unspecified atom stereocenters. The third-order valence-electron chi connectivity index (χ3n) is 2.17. The summed E-state index contributed by atoms with van der Waals surface area (Å²) in [4.78, 5) is 0. The van der Waals surface area contributed by atoms with Crippen LogP contribution < -0.4 is 10.5 Å². The van der Waals surface area contributed by atoms with E-state index in [1.54, 1.807) is 17.9 Å². The zero-order chi connectivity index (χ0) is 10.8. The molecule has 0 saturated carbocycles. The van der Waals surface area contributed by atoms with Crippen LogP contribution in [0.2, 0.25) is 0 Å². The second-order valence-corrected chi connectivity index (χ2v) is 3.33. The molecule has 0 aliphatic heterocycles. The largest absolute Gasteiger partial charge is 0.494 e. The van der Waals surface area contributed by atoms with Crippen LogP contribution in [0.4, 0.5) is 5.69 Å². The van der Waals surface area contributed by atoms with Crippen molar-refractivity contribution in [3.63, 3.8) is 0 Å². The first-order chi connectivity index (χ1) is 7.20. The van der Waals surface area contributed by atoms with Gasteiger partial charge in [-0.1, -0.05) is 0 Å². The van der Waals surface area contributed by atoms with E-state index in [0.29, 0.717) is 5.69 Å². The topological polar surface area (TPSA) is 53.1 Å². The van der Waals surface area contributed by atoms with E-state index in [9.17, 15) is 0 Å². The van der Waals surface area contributed by atoms with Crippen molar-refractivity contribution in [2.24, 2.45) is 0 Å². The maximum Gasteiger partial charge on any atom is 0.146 e. The summed E-state index contributed by atoms with van der Waals surface area (Å²) in [5.74, 6) is 0.720. The summed E-state index contributed by atoms with van der Waals surface area (Å²) < 4.78 is 7.02. The second-order valence-electron chi connectivity index (χ2n) is 3.33. The average Bonchev–Trinajstić information content (AvgIpc) is 2.64. The van der Waals surface area contributed by atoms with E-state index in [-0.39, 0.29) is 0 Å².